The summed E-state index contributed by atoms with van der Waals surface area (Å²) in [5.74, 6) is 0.593. The fourth-order valence-corrected chi connectivity index (χ4v) is 2.34. The predicted octanol–water partition coefficient (Wildman–Crippen LogP) is 0.0533. The van der Waals surface area contributed by atoms with Crippen LogP contribution in [0.1, 0.15) is 27.2 Å². The van der Waals surface area contributed by atoms with Gasteiger partial charge in [-0.3, -0.25) is 0 Å². The second-order valence-electron chi connectivity index (χ2n) is 4.31. The first kappa shape index (κ1) is 8.48. The molecule has 5 atom stereocenters. The Bertz CT molecular complexity index is 193. The first-order valence-corrected chi connectivity index (χ1v) is 4.64. The number of nitrogens with one attached hydrogen (secondary N) is 1. The molecule has 0 aromatic heterocycles. The topological polar surface area (TPSA) is 44.3 Å². The van der Waals surface area contributed by atoms with Crippen LogP contribution >= 0.6 is 0 Å². The van der Waals surface area contributed by atoms with E-state index in [1.807, 2.05) is 6.92 Å². The van der Waals surface area contributed by atoms with Gasteiger partial charge in [-0.15, -0.1) is 0 Å². The summed E-state index contributed by atoms with van der Waals surface area (Å²) in [7, 11) is 0. The molecule has 0 aromatic carbocycles. The molecule has 0 spiro atoms. The Morgan fingerprint density at radius 1 is 1.50 bits per heavy atom. The maximum atomic E-state index is 11.8. The molecule has 70 valence electrons. The maximum absolute atomic E-state index is 11.8. The largest absolute Gasteiger partial charge is 0.838 e. The molecule has 12 heavy (non-hydrogen) atoms. The number of hydrogen-bond donors (Lipinski definition) is 1. The van der Waals surface area contributed by atoms with Crippen LogP contribution in [-0.4, -0.2) is 18.1 Å². The Kier molecular flexibility index (Phi) is 1.72. The summed E-state index contributed by atoms with van der Waals surface area (Å²) in [6, 6.07) is 0. The second kappa shape index (κ2) is 2.44. The molecule has 2 aliphatic heterocycles. The summed E-state index contributed by atoms with van der Waals surface area (Å²) in [6.45, 7) is 5.80. The highest BCUT2D eigenvalue weighted by Crippen LogP contribution is 2.40. The van der Waals surface area contributed by atoms with E-state index in [9.17, 15) is 5.11 Å². The van der Waals surface area contributed by atoms with Gasteiger partial charge < -0.3 is 15.2 Å². The van der Waals surface area contributed by atoms with Gasteiger partial charge in [0.05, 0.1) is 6.10 Å². The van der Waals surface area contributed by atoms with Gasteiger partial charge >= 0.3 is 0 Å². The predicted molar refractivity (Wildman–Crippen MR) is 43.1 cm³/mol. The van der Waals surface area contributed by atoms with E-state index in [0.717, 1.165) is 6.42 Å². The summed E-state index contributed by atoms with van der Waals surface area (Å²) >= 11 is 0. The van der Waals surface area contributed by atoms with Gasteiger partial charge in [0.25, 0.3) is 0 Å². The van der Waals surface area contributed by atoms with Crippen molar-refractivity contribution in [2.75, 3.05) is 0 Å². The third-order valence-corrected chi connectivity index (χ3v) is 3.31. The van der Waals surface area contributed by atoms with E-state index in [-0.39, 0.29) is 12.1 Å². The van der Waals surface area contributed by atoms with Crippen molar-refractivity contribution in [3.05, 3.63) is 0 Å². The minimum atomic E-state index is -0.991. The Hall–Kier alpha value is -0.120. The first-order valence-electron chi connectivity index (χ1n) is 4.64. The summed E-state index contributed by atoms with van der Waals surface area (Å²) in [4.78, 5) is 0. The van der Waals surface area contributed by atoms with Crippen molar-refractivity contribution in [1.82, 2.24) is 5.32 Å². The summed E-state index contributed by atoms with van der Waals surface area (Å²) in [5.41, 5.74) is -0.991. The minimum absolute atomic E-state index is 0.0116. The zero-order valence-corrected chi connectivity index (χ0v) is 7.83. The van der Waals surface area contributed by atoms with E-state index in [1.54, 1.807) is 6.92 Å². The van der Waals surface area contributed by atoms with Crippen molar-refractivity contribution in [1.29, 1.82) is 0 Å². The van der Waals surface area contributed by atoms with E-state index >= 15 is 0 Å². The summed E-state index contributed by atoms with van der Waals surface area (Å²) in [5, 5.41) is 14.8. The number of fused-ring (bicyclic) bond motifs is 1. The molecule has 0 unspecified atom stereocenters. The molecule has 0 aliphatic carbocycles. The molecule has 2 heterocycles. The maximum Gasteiger partial charge on any atom is 0.110 e. The molecule has 0 radical (unpaired) electrons. The lowest BCUT2D eigenvalue weighted by Gasteiger charge is -2.38. The third-order valence-electron chi connectivity index (χ3n) is 3.31. The molecule has 2 rings (SSSR count). The van der Waals surface area contributed by atoms with E-state index in [1.165, 1.54) is 0 Å². The fraction of sp³-hybridized carbons (Fsp3) is 1.00. The van der Waals surface area contributed by atoms with Crippen molar-refractivity contribution in [2.24, 2.45) is 11.8 Å². The quantitative estimate of drug-likeness (QED) is 0.559. The zero-order chi connectivity index (χ0) is 8.93. The fourth-order valence-electron chi connectivity index (χ4n) is 2.34. The second-order valence-corrected chi connectivity index (χ2v) is 4.31. The van der Waals surface area contributed by atoms with Crippen LogP contribution in [0.4, 0.5) is 0 Å². The monoisotopic (exact) mass is 170 g/mol. The summed E-state index contributed by atoms with van der Waals surface area (Å²) < 4.78 is 5.58. The van der Waals surface area contributed by atoms with Crippen LogP contribution in [0.5, 0.6) is 0 Å². The Morgan fingerprint density at radius 3 is 2.75 bits per heavy atom. The molecular weight excluding hydrogens is 154 g/mol. The van der Waals surface area contributed by atoms with E-state index in [0.29, 0.717) is 12.0 Å². The Labute approximate surface area is 73.1 Å². The van der Waals surface area contributed by atoms with Gasteiger partial charge in [0.2, 0.25) is 0 Å². The standard InChI is InChI=1S/C9H16NO2/c1-5-4-7-6(2)9(3,11)10-8(7)12-5/h5-8,10H,4H2,1-3H3/q-1/t5-,6-,7+,8+,9-/m0/s1. The highest BCUT2D eigenvalue weighted by molar-refractivity contribution is 4.97. The highest BCUT2D eigenvalue weighted by Gasteiger charge is 2.46. The lowest BCUT2D eigenvalue weighted by atomic mass is 9.88. The molecule has 3 nitrogen and oxygen atoms in total. The van der Waals surface area contributed by atoms with Crippen LogP contribution in [0.3, 0.4) is 0 Å². The third kappa shape index (κ3) is 1.08. The lowest BCUT2D eigenvalue weighted by molar-refractivity contribution is -0.492. The van der Waals surface area contributed by atoms with Crippen molar-refractivity contribution >= 4 is 0 Å². The number of hydrogen-bond acceptors (Lipinski definition) is 3. The molecule has 0 bridgehead atoms. The van der Waals surface area contributed by atoms with Crippen LogP contribution < -0.4 is 10.4 Å². The first-order chi connectivity index (χ1) is 5.50. The van der Waals surface area contributed by atoms with Gasteiger partial charge in [-0.2, -0.15) is 0 Å². The van der Waals surface area contributed by atoms with Gasteiger partial charge in [-0.05, 0) is 19.3 Å². The van der Waals surface area contributed by atoms with Crippen molar-refractivity contribution in [2.45, 2.75) is 45.2 Å². The molecule has 2 fully saturated rings. The average molecular weight is 170 g/mol. The molecule has 3 heteroatoms. The minimum Gasteiger partial charge on any atom is -0.838 e. The van der Waals surface area contributed by atoms with Crippen LogP contribution in [0.2, 0.25) is 0 Å². The van der Waals surface area contributed by atoms with Crippen LogP contribution in [-0.2, 0) is 4.74 Å². The average Bonchev–Trinajstić information content (AvgIpc) is 2.35. The van der Waals surface area contributed by atoms with Gasteiger partial charge in [0.1, 0.15) is 6.23 Å². The Morgan fingerprint density at radius 2 is 2.17 bits per heavy atom. The van der Waals surface area contributed by atoms with Gasteiger partial charge in [0, 0.05) is 5.92 Å². The molecule has 2 aliphatic rings. The SMILES string of the molecule is C[C@H]1C[C@H]2[C@H](N[C@@](C)([O-])[C@H]2C)O1. The van der Waals surface area contributed by atoms with Crippen LogP contribution in [0.15, 0.2) is 0 Å². The summed E-state index contributed by atoms with van der Waals surface area (Å²) in [6.07, 6.45) is 1.35. The van der Waals surface area contributed by atoms with Crippen molar-refractivity contribution < 1.29 is 9.84 Å². The van der Waals surface area contributed by atoms with E-state index < -0.39 is 5.72 Å². The molecule has 0 saturated carbocycles. The van der Waals surface area contributed by atoms with Gasteiger partial charge in [-0.1, -0.05) is 19.6 Å². The number of ether oxygens (including phenoxy) is 1. The van der Waals surface area contributed by atoms with E-state index in [4.69, 9.17) is 4.74 Å². The molecular formula is C9H16NO2-. The van der Waals surface area contributed by atoms with Crippen LogP contribution in [0, 0.1) is 11.8 Å². The zero-order valence-electron chi connectivity index (χ0n) is 7.83. The van der Waals surface area contributed by atoms with Crippen molar-refractivity contribution in [3.63, 3.8) is 0 Å². The van der Waals surface area contributed by atoms with E-state index in [2.05, 4.69) is 12.2 Å². The number of rotatable bonds is 0. The van der Waals surface area contributed by atoms with Crippen LogP contribution in [0.25, 0.3) is 0 Å². The highest BCUT2D eigenvalue weighted by atomic mass is 16.5. The van der Waals surface area contributed by atoms with Gasteiger partial charge in [-0.25, -0.2) is 0 Å². The molecule has 2 saturated heterocycles. The normalized spacial score (nSPS) is 59.0. The van der Waals surface area contributed by atoms with Gasteiger partial charge in [0.15, 0.2) is 0 Å². The molecule has 0 aromatic rings. The molecule has 1 N–H and O–H groups in total. The Balaban J connectivity index is 2.14. The van der Waals surface area contributed by atoms with Crippen molar-refractivity contribution in [3.8, 4) is 0 Å². The molecule has 0 amide bonds. The smallest absolute Gasteiger partial charge is 0.110 e. The lowest BCUT2D eigenvalue weighted by Crippen LogP contribution is -2.55.